The van der Waals surface area contributed by atoms with Crippen molar-refractivity contribution in [2.75, 3.05) is 0 Å². The molecule has 1 fully saturated rings. The highest BCUT2D eigenvalue weighted by Gasteiger charge is 2.39. The average molecular weight is 412 g/mol. The van der Waals surface area contributed by atoms with E-state index in [1.54, 1.807) is 13.8 Å². The minimum absolute atomic E-state index is 0.0464. The van der Waals surface area contributed by atoms with Gasteiger partial charge in [0.2, 0.25) is 11.8 Å². The van der Waals surface area contributed by atoms with Crippen LogP contribution in [0, 0.1) is 13.8 Å². The molecular weight excluding hydrogens is 389 g/mol. The van der Waals surface area contributed by atoms with E-state index in [0.717, 1.165) is 23.8 Å². The molecular formula is C18H23F3N6O2. The van der Waals surface area contributed by atoms with Crippen LogP contribution in [0.5, 0.6) is 0 Å². The van der Waals surface area contributed by atoms with Crippen LogP contribution in [0.2, 0.25) is 0 Å². The molecule has 1 saturated carbocycles. The van der Waals surface area contributed by atoms with Gasteiger partial charge in [0.25, 0.3) is 11.6 Å². The van der Waals surface area contributed by atoms with Crippen molar-refractivity contribution in [3.63, 3.8) is 0 Å². The zero-order valence-corrected chi connectivity index (χ0v) is 16.3. The largest absolute Gasteiger partial charge is 0.453 e. The third-order valence-electron chi connectivity index (χ3n) is 5.46. The molecule has 1 aliphatic carbocycles. The number of hydrogen-bond donors (Lipinski definition) is 2. The van der Waals surface area contributed by atoms with Crippen LogP contribution in [-0.2, 0) is 22.2 Å². The summed E-state index contributed by atoms with van der Waals surface area (Å²) in [5.74, 6) is -2.28. The van der Waals surface area contributed by atoms with Gasteiger partial charge in [-0.15, -0.1) is 5.10 Å². The number of alkyl halides is 3. The van der Waals surface area contributed by atoms with Crippen molar-refractivity contribution in [1.82, 2.24) is 24.9 Å². The Hall–Kier alpha value is -2.72. The summed E-state index contributed by atoms with van der Waals surface area (Å²) in [6.45, 7) is 3.25. The molecule has 0 bridgehead atoms. The van der Waals surface area contributed by atoms with Crippen LogP contribution in [0.1, 0.15) is 61.3 Å². The molecule has 3 N–H and O–H groups in total. The number of carbonyl (C=O) groups excluding carboxylic acids is 2. The number of halogens is 3. The van der Waals surface area contributed by atoms with Gasteiger partial charge in [-0.1, -0.05) is 19.3 Å². The lowest BCUT2D eigenvalue weighted by molar-refractivity contribution is -0.144. The van der Waals surface area contributed by atoms with E-state index in [1.807, 2.05) is 0 Å². The zero-order valence-electron chi connectivity index (χ0n) is 16.3. The van der Waals surface area contributed by atoms with Crippen LogP contribution in [0.3, 0.4) is 0 Å². The first-order valence-electron chi connectivity index (χ1n) is 9.44. The minimum atomic E-state index is -4.67. The van der Waals surface area contributed by atoms with Gasteiger partial charge in [-0.25, -0.2) is 9.50 Å². The molecule has 3 rings (SSSR count). The normalized spacial score (nSPS) is 16.7. The van der Waals surface area contributed by atoms with Gasteiger partial charge >= 0.3 is 6.18 Å². The van der Waals surface area contributed by atoms with Gasteiger partial charge in [0.15, 0.2) is 0 Å². The first-order valence-corrected chi connectivity index (χ1v) is 9.44. The minimum Gasteiger partial charge on any atom is -0.368 e. The molecule has 0 unspecified atom stereocenters. The molecule has 0 atom stereocenters. The summed E-state index contributed by atoms with van der Waals surface area (Å²) in [5, 5.41) is 6.28. The van der Waals surface area contributed by atoms with Crippen LogP contribution in [0.4, 0.5) is 13.2 Å². The zero-order chi connectivity index (χ0) is 21.4. The molecule has 1 aliphatic rings. The van der Waals surface area contributed by atoms with Crippen LogP contribution in [0.25, 0.3) is 5.78 Å². The molecule has 0 saturated heterocycles. The average Bonchev–Trinajstić information content (AvgIpc) is 3.06. The van der Waals surface area contributed by atoms with Gasteiger partial charge in [-0.3, -0.25) is 9.59 Å². The number of aromatic nitrogens is 4. The quantitative estimate of drug-likeness (QED) is 0.779. The third-order valence-corrected chi connectivity index (χ3v) is 5.46. The summed E-state index contributed by atoms with van der Waals surface area (Å²) in [4.78, 5) is 31.9. The van der Waals surface area contributed by atoms with Gasteiger partial charge in [-0.2, -0.15) is 18.2 Å². The Labute approximate surface area is 165 Å². The number of fused-ring (bicyclic) bond motifs is 1. The first-order chi connectivity index (χ1) is 13.5. The Kier molecular flexibility index (Phi) is 5.50. The van der Waals surface area contributed by atoms with Crippen LogP contribution >= 0.6 is 0 Å². The predicted molar refractivity (Wildman–Crippen MR) is 96.7 cm³/mol. The van der Waals surface area contributed by atoms with Crippen molar-refractivity contribution in [3.05, 3.63) is 22.8 Å². The van der Waals surface area contributed by atoms with Crippen LogP contribution in [-0.4, -0.2) is 36.9 Å². The first kappa shape index (κ1) is 21.0. The highest BCUT2D eigenvalue weighted by Crippen LogP contribution is 2.29. The summed E-state index contributed by atoms with van der Waals surface area (Å²) < 4.78 is 39.7. The van der Waals surface area contributed by atoms with E-state index in [2.05, 4.69) is 20.4 Å². The van der Waals surface area contributed by atoms with Crippen molar-refractivity contribution in [3.8, 4) is 0 Å². The van der Waals surface area contributed by atoms with Crippen molar-refractivity contribution >= 4 is 17.6 Å². The van der Waals surface area contributed by atoms with E-state index in [-0.39, 0.29) is 24.5 Å². The number of nitrogens with zero attached hydrogens (tertiary/aromatic N) is 4. The second-order valence-electron chi connectivity index (χ2n) is 7.46. The number of nitrogens with two attached hydrogens (primary N) is 1. The number of rotatable bonds is 5. The fourth-order valence-corrected chi connectivity index (χ4v) is 3.85. The molecule has 0 aliphatic heterocycles. The molecule has 2 aromatic rings. The molecule has 0 radical (unpaired) electrons. The summed E-state index contributed by atoms with van der Waals surface area (Å²) in [6, 6.07) is 0. The molecule has 0 spiro atoms. The Morgan fingerprint density at radius 1 is 1.17 bits per heavy atom. The van der Waals surface area contributed by atoms with Crippen molar-refractivity contribution in [1.29, 1.82) is 0 Å². The smallest absolute Gasteiger partial charge is 0.368 e. The van der Waals surface area contributed by atoms with Gasteiger partial charge in [0.1, 0.15) is 5.54 Å². The fourth-order valence-electron chi connectivity index (χ4n) is 3.85. The van der Waals surface area contributed by atoms with Gasteiger partial charge in [0.05, 0.1) is 0 Å². The summed E-state index contributed by atoms with van der Waals surface area (Å²) in [6.07, 6.45) is -0.736. The third kappa shape index (κ3) is 4.18. The Morgan fingerprint density at radius 3 is 2.41 bits per heavy atom. The Balaban J connectivity index is 1.77. The molecule has 0 aromatic carbocycles. The highest BCUT2D eigenvalue weighted by atomic mass is 19.4. The number of amides is 2. The van der Waals surface area contributed by atoms with E-state index < -0.39 is 23.4 Å². The van der Waals surface area contributed by atoms with Crippen molar-refractivity contribution in [2.24, 2.45) is 5.73 Å². The number of carbonyl (C=O) groups is 2. The molecule has 8 nitrogen and oxygen atoms in total. The van der Waals surface area contributed by atoms with Crippen LogP contribution < -0.4 is 11.1 Å². The number of primary amides is 1. The second-order valence-corrected chi connectivity index (χ2v) is 7.46. The van der Waals surface area contributed by atoms with Crippen molar-refractivity contribution in [2.45, 2.75) is 70.5 Å². The SMILES string of the molecule is Cc1nc2nc(C(F)(F)F)nn2c(C)c1CCC(=O)NC1(C(N)=O)CCCCC1. The summed E-state index contributed by atoms with van der Waals surface area (Å²) >= 11 is 0. The molecule has 11 heteroatoms. The van der Waals surface area contributed by atoms with Gasteiger partial charge in [0, 0.05) is 17.8 Å². The standard InChI is InChI=1S/C18H23F3N6O2/c1-10-12(11(2)27-16(23-10)24-15(26-27)18(19,20)21)6-7-13(28)25-17(14(22)29)8-4-3-5-9-17/h3-9H2,1-2H3,(H2,22,29)(H,25,28). The second kappa shape index (κ2) is 7.60. The maximum Gasteiger partial charge on any atom is 0.453 e. The van der Waals surface area contributed by atoms with E-state index in [4.69, 9.17) is 5.73 Å². The van der Waals surface area contributed by atoms with Crippen LogP contribution in [0.15, 0.2) is 0 Å². The monoisotopic (exact) mass is 412 g/mol. The maximum atomic E-state index is 12.9. The number of nitrogens with one attached hydrogen (secondary N) is 1. The Bertz CT molecular complexity index is 947. The van der Waals surface area contributed by atoms with E-state index in [9.17, 15) is 22.8 Å². The van der Waals surface area contributed by atoms with E-state index in [1.165, 1.54) is 0 Å². The Morgan fingerprint density at radius 2 is 1.83 bits per heavy atom. The number of aryl methyl sites for hydroxylation is 2. The molecule has 2 aromatic heterocycles. The van der Waals surface area contributed by atoms with Gasteiger partial charge in [-0.05, 0) is 38.7 Å². The molecule has 158 valence electrons. The lowest BCUT2D eigenvalue weighted by Crippen LogP contribution is -2.58. The van der Waals surface area contributed by atoms with Gasteiger partial charge < -0.3 is 11.1 Å². The molecule has 2 amide bonds. The fraction of sp³-hybridized carbons (Fsp3) is 0.611. The number of hydrogen-bond acceptors (Lipinski definition) is 5. The lowest BCUT2D eigenvalue weighted by atomic mass is 9.81. The summed E-state index contributed by atoms with van der Waals surface area (Å²) in [7, 11) is 0. The van der Waals surface area contributed by atoms with E-state index >= 15 is 0 Å². The lowest BCUT2D eigenvalue weighted by Gasteiger charge is -2.35. The highest BCUT2D eigenvalue weighted by molar-refractivity contribution is 5.90. The van der Waals surface area contributed by atoms with E-state index in [0.29, 0.717) is 29.8 Å². The predicted octanol–water partition coefficient (Wildman–Crippen LogP) is 2.00. The van der Waals surface area contributed by atoms with Crippen molar-refractivity contribution < 1.29 is 22.8 Å². The summed E-state index contributed by atoms with van der Waals surface area (Å²) in [5.41, 5.74) is 6.04. The molecule has 29 heavy (non-hydrogen) atoms. The topological polar surface area (TPSA) is 115 Å². The maximum absolute atomic E-state index is 12.9. The molecule has 2 heterocycles.